The summed E-state index contributed by atoms with van der Waals surface area (Å²) >= 11 is 0. The zero-order chi connectivity index (χ0) is 14.1. The average Bonchev–Trinajstić information content (AvgIpc) is 3.03. The molecular formula is C16H19N3O. The largest absolute Gasteiger partial charge is 0.454 e. The van der Waals surface area contributed by atoms with Crippen LogP contribution in [0.4, 0.5) is 5.69 Å². The zero-order valence-electron chi connectivity index (χ0n) is 11.8. The first-order valence-corrected chi connectivity index (χ1v) is 7.06. The maximum atomic E-state index is 6.10. The number of nitrogens with two attached hydrogens (primary N) is 1. The molecular weight excluding hydrogens is 250 g/mol. The van der Waals surface area contributed by atoms with Gasteiger partial charge >= 0.3 is 0 Å². The van der Waals surface area contributed by atoms with Crippen LogP contribution in [-0.4, -0.2) is 9.78 Å². The average molecular weight is 269 g/mol. The van der Waals surface area contributed by atoms with Gasteiger partial charge in [0.15, 0.2) is 11.5 Å². The van der Waals surface area contributed by atoms with Crippen LogP contribution in [-0.2, 0) is 0 Å². The third-order valence-electron chi connectivity index (χ3n) is 3.74. The number of benzene rings is 1. The van der Waals surface area contributed by atoms with Gasteiger partial charge in [0.1, 0.15) is 5.58 Å². The Balaban J connectivity index is 2.05. The van der Waals surface area contributed by atoms with Crippen molar-refractivity contribution < 1.29 is 4.42 Å². The lowest BCUT2D eigenvalue weighted by atomic mass is 10.2. The standard InChI is InChI=1S/C16H19N3O/c1-3-12(4-2)19-10-13(17)16(18-19)15-9-11-7-5-6-8-14(11)20-15/h5-10,12H,3-4,17H2,1-2H3. The Bertz CT molecular complexity index is 689. The summed E-state index contributed by atoms with van der Waals surface area (Å²) in [5.74, 6) is 0.730. The fourth-order valence-electron chi connectivity index (χ4n) is 2.55. The molecule has 1 aromatic carbocycles. The molecule has 0 spiro atoms. The molecule has 0 radical (unpaired) electrons. The summed E-state index contributed by atoms with van der Waals surface area (Å²) in [5, 5.41) is 5.68. The number of nitrogen functional groups attached to an aromatic ring is 1. The number of hydrogen-bond donors (Lipinski definition) is 1. The molecule has 2 heterocycles. The van der Waals surface area contributed by atoms with Crippen molar-refractivity contribution in [3.8, 4) is 11.5 Å². The Morgan fingerprint density at radius 3 is 2.70 bits per heavy atom. The molecule has 20 heavy (non-hydrogen) atoms. The lowest BCUT2D eigenvalue weighted by Gasteiger charge is -2.11. The number of para-hydroxylation sites is 1. The maximum Gasteiger partial charge on any atom is 0.157 e. The number of hydrogen-bond acceptors (Lipinski definition) is 3. The third kappa shape index (κ3) is 2.07. The van der Waals surface area contributed by atoms with Crippen LogP contribution < -0.4 is 5.73 Å². The molecule has 0 bridgehead atoms. The van der Waals surface area contributed by atoms with Gasteiger partial charge in [-0.1, -0.05) is 32.0 Å². The minimum Gasteiger partial charge on any atom is -0.454 e. The topological polar surface area (TPSA) is 57.0 Å². The Morgan fingerprint density at radius 1 is 1.25 bits per heavy atom. The van der Waals surface area contributed by atoms with E-state index in [-0.39, 0.29) is 0 Å². The van der Waals surface area contributed by atoms with Crippen LogP contribution in [0.15, 0.2) is 40.9 Å². The summed E-state index contributed by atoms with van der Waals surface area (Å²) in [6.45, 7) is 4.32. The van der Waals surface area contributed by atoms with Crippen molar-refractivity contribution in [1.82, 2.24) is 9.78 Å². The molecule has 0 atom stereocenters. The van der Waals surface area contributed by atoms with Crippen molar-refractivity contribution in [2.24, 2.45) is 0 Å². The second-order valence-corrected chi connectivity index (χ2v) is 5.03. The number of furan rings is 1. The molecule has 0 aliphatic heterocycles. The van der Waals surface area contributed by atoms with Gasteiger partial charge in [-0.05, 0) is 25.0 Å². The molecule has 0 amide bonds. The number of fused-ring (bicyclic) bond motifs is 1. The van der Waals surface area contributed by atoms with E-state index in [1.807, 2.05) is 41.2 Å². The molecule has 4 nitrogen and oxygen atoms in total. The lowest BCUT2D eigenvalue weighted by molar-refractivity contribution is 0.428. The highest BCUT2D eigenvalue weighted by atomic mass is 16.3. The Hall–Kier alpha value is -2.23. The fraction of sp³-hybridized carbons (Fsp3) is 0.312. The quantitative estimate of drug-likeness (QED) is 0.770. The van der Waals surface area contributed by atoms with Crippen LogP contribution in [0.25, 0.3) is 22.4 Å². The van der Waals surface area contributed by atoms with Crippen LogP contribution in [0.1, 0.15) is 32.7 Å². The molecule has 2 N–H and O–H groups in total. The first kappa shape index (κ1) is 12.8. The summed E-state index contributed by atoms with van der Waals surface area (Å²) in [4.78, 5) is 0. The van der Waals surface area contributed by atoms with Gasteiger partial charge in [-0.15, -0.1) is 0 Å². The fourth-order valence-corrected chi connectivity index (χ4v) is 2.55. The predicted molar refractivity (Wildman–Crippen MR) is 81.5 cm³/mol. The van der Waals surface area contributed by atoms with Gasteiger partial charge in [-0.25, -0.2) is 0 Å². The molecule has 0 aliphatic rings. The number of rotatable bonds is 4. The second kappa shape index (κ2) is 5.04. The molecule has 4 heteroatoms. The first-order valence-electron chi connectivity index (χ1n) is 7.06. The van der Waals surface area contributed by atoms with E-state index in [1.165, 1.54) is 0 Å². The Kier molecular flexibility index (Phi) is 3.22. The SMILES string of the molecule is CCC(CC)n1cc(N)c(-c2cc3ccccc3o2)n1. The van der Waals surface area contributed by atoms with E-state index in [2.05, 4.69) is 18.9 Å². The summed E-state index contributed by atoms with van der Waals surface area (Å²) in [6, 6.07) is 10.3. The molecule has 0 saturated carbocycles. The highest BCUT2D eigenvalue weighted by Gasteiger charge is 2.16. The van der Waals surface area contributed by atoms with E-state index in [0.717, 1.165) is 35.3 Å². The van der Waals surface area contributed by atoms with E-state index < -0.39 is 0 Å². The van der Waals surface area contributed by atoms with Crippen molar-refractivity contribution in [2.75, 3.05) is 5.73 Å². The molecule has 0 saturated heterocycles. The second-order valence-electron chi connectivity index (χ2n) is 5.03. The highest BCUT2D eigenvalue weighted by Crippen LogP contribution is 2.31. The highest BCUT2D eigenvalue weighted by molar-refractivity contribution is 5.84. The number of anilines is 1. The minimum atomic E-state index is 0.385. The van der Waals surface area contributed by atoms with Crippen LogP contribution in [0.3, 0.4) is 0 Å². The van der Waals surface area contributed by atoms with E-state index in [0.29, 0.717) is 11.7 Å². The van der Waals surface area contributed by atoms with Crippen molar-refractivity contribution in [3.63, 3.8) is 0 Å². The van der Waals surface area contributed by atoms with Gasteiger partial charge in [-0.2, -0.15) is 5.10 Å². The third-order valence-corrected chi connectivity index (χ3v) is 3.74. The number of aromatic nitrogens is 2. The predicted octanol–water partition coefficient (Wildman–Crippen LogP) is 4.24. The number of nitrogens with zero attached hydrogens (tertiary/aromatic N) is 2. The van der Waals surface area contributed by atoms with Gasteiger partial charge in [0.25, 0.3) is 0 Å². The van der Waals surface area contributed by atoms with Gasteiger partial charge in [0.2, 0.25) is 0 Å². The maximum absolute atomic E-state index is 6.10. The normalized spacial score (nSPS) is 11.6. The molecule has 104 valence electrons. The molecule has 2 aromatic heterocycles. The summed E-state index contributed by atoms with van der Waals surface area (Å²) in [5.41, 5.74) is 8.35. The smallest absolute Gasteiger partial charge is 0.157 e. The van der Waals surface area contributed by atoms with Gasteiger partial charge < -0.3 is 10.2 Å². The van der Waals surface area contributed by atoms with E-state index in [4.69, 9.17) is 10.2 Å². The molecule has 0 aliphatic carbocycles. The molecule has 3 rings (SSSR count). The monoisotopic (exact) mass is 269 g/mol. The van der Waals surface area contributed by atoms with E-state index >= 15 is 0 Å². The van der Waals surface area contributed by atoms with E-state index in [9.17, 15) is 0 Å². The summed E-state index contributed by atoms with van der Waals surface area (Å²) in [6.07, 6.45) is 3.98. The van der Waals surface area contributed by atoms with Gasteiger partial charge in [-0.3, -0.25) is 4.68 Å². The Labute approximate surface area is 118 Å². The van der Waals surface area contributed by atoms with E-state index in [1.54, 1.807) is 0 Å². The lowest BCUT2D eigenvalue weighted by Crippen LogP contribution is -2.07. The van der Waals surface area contributed by atoms with Crippen molar-refractivity contribution >= 4 is 16.7 Å². The molecule has 0 fully saturated rings. The molecule has 0 unspecified atom stereocenters. The van der Waals surface area contributed by atoms with Crippen molar-refractivity contribution in [1.29, 1.82) is 0 Å². The summed E-state index contributed by atoms with van der Waals surface area (Å²) < 4.78 is 7.80. The Morgan fingerprint density at radius 2 is 2.00 bits per heavy atom. The van der Waals surface area contributed by atoms with Gasteiger partial charge in [0.05, 0.1) is 11.7 Å². The summed E-state index contributed by atoms with van der Waals surface area (Å²) in [7, 11) is 0. The van der Waals surface area contributed by atoms with Crippen LogP contribution >= 0.6 is 0 Å². The van der Waals surface area contributed by atoms with Crippen LogP contribution in [0, 0.1) is 0 Å². The van der Waals surface area contributed by atoms with Crippen LogP contribution in [0.5, 0.6) is 0 Å². The van der Waals surface area contributed by atoms with Gasteiger partial charge in [0, 0.05) is 11.6 Å². The van der Waals surface area contributed by atoms with Crippen molar-refractivity contribution in [2.45, 2.75) is 32.7 Å². The zero-order valence-corrected chi connectivity index (χ0v) is 11.8. The minimum absolute atomic E-state index is 0.385. The molecule has 3 aromatic rings. The first-order chi connectivity index (χ1) is 9.72. The van der Waals surface area contributed by atoms with Crippen LogP contribution in [0.2, 0.25) is 0 Å². The van der Waals surface area contributed by atoms with Crippen molar-refractivity contribution in [3.05, 3.63) is 36.5 Å².